The molecule has 0 aromatic heterocycles. The summed E-state index contributed by atoms with van der Waals surface area (Å²) >= 11 is 5.92. The summed E-state index contributed by atoms with van der Waals surface area (Å²) in [4.78, 5) is 0.00230. The average Bonchev–Trinajstić information content (AvgIpc) is 2.70. The van der Waals surface area contributed by atoms with Crippen LogP contribution in [-0.2, 0) is 14.6 Å². The van der Waals surface area contributed by atoms with Gasteiger partial charge in [0, 0.05) is 11.1 Å². The molecule has 2 aromatic carbocycles. The number of fused-ring (bicyclic) bond motifs is 3. The fourth-order valence-corrected chi connectivity index (χ4v) is 6.89. The molecule has 2 aliphatic rings. The van der Waals surface area contributed by atoms with Gasteiger partial charge in [0.2, 0.25) is 0 Å². The van der Waals surface area contributed by atoms with Gasteiger partial charge in [-0.15, -0.1) is 0 Å². The molecule has 1 saturated heterocycles. The minimum Gasteiger partial charge on any atom is -0.488 e. The molecule has 1 unspecified atom stereocenters. The van der Waals surface area contributed by atoms with Gasteiger partial charge in [-0.2, -0.15) is 0 Å². The first kappa shape index (κ1) is 20.5. The zero-order chi connectivity index (χ0) is 20.8. The molecule has 0 radical (unpaired) electrons. The van der Waals surface area contributed by atoms with E-state index in [4.69, 9.17) is 22.1 Å². The molecule has 5 nitrogen and oxygen atoms in total. The van der Waals surface area contributed by atoms with Crippen LogP contribution in [0.5, 0.6) is 5.75 Å². The van der Waals surface area contributed by atoms with Crippen LogP contribution in [0.1, 0.15) is 24.8 Å². The Morgan fingerprint density at radius 2 is 1.86 bits per heavy atom. The number of sulfone groups is 1. The van der Waals surface area contributed by atoms with E-state index in [9.17, 15) is 12.8 Å². The molecule has 0 bridgehead atoms. The summed E-state index contributed by atoms with van der Waals surface area (Å²) in [6, 6.07) is 6.84. The lowest BCUT2D eigenvalue weighted by atomic mass is 9.79. The van der Waals surface area contributed by atoms with Crippen molar-refractivity contribution >= 4 is 21.4 Å². The molecule has 0 saturated carbocycles. The van der Waals surface area contributed by atoms with Crippen molar-refractivity contribution in [2.45, 2.75) is 41.0 Å². The minimum absolute atomic E-state index is 0.00230. The predicted molar refractivity (Wildman–Crippen MR) is 106 cm³/mol. The maximum Gasteiger partial charge on any atom is 0.190 e. The molecule has 2 aliphatic heterocycles. The summed E-state index contributed by atoms with van der Waals surface area (Å²) in [7, 11) is -4.13. The van der Waals surface area contributed by atoms with Crippen LogP contribution >= 0.6 is 11.6 Å². The number of piperidine rings is 1. The van der Waals surface area contributed by atoms with Crippen molar-refractivity contribution in [1.82, 2.24) is 5.32 Å². The van der Waals surface area contributed by atoms with Crippen LogP contribution in [0, 0.1) is 11.6 Å². The molecule has 3 N–H and O–H groups in total. The molecule has 9 heteroatoms. The Bertz CT molecular complexity index is 1030. The van der Waals surface area contributed by atoms with Gasteiger partial charge >= 0.3 is 0 Å². The fourth-order valence-electron chi connectivity index (χ4n) is 4.49. The van der Waals surface area contributed by atoms with Gasteiger partial charge in [-0.3, -0.25) is 0 Å². The van der Waals surface area contributed by atoms with Crippen molar-refractivity contribution in [3.05, 3.63) is 58.6 Å². The molecule has 0 amide bonds. The zero-order valence-corrected chi connectivity index (χ0v) is 17.1. The molecule has 1 fully saturated rings. The number of halogens is 3. The molecule has 3 atom stereocenters. The number of nitrogens with one attached hydrogen (secondary N) is 1. The van der Waals surface area contributed by atoms with E-state index in [1.807, 2.05) is 0 Å². The number of ether oxygens (including phenoxy) is 1. The lowest BCUT2D eigenvalue weighted by molar-refractivity contribution is 0.134. The molecule has 156 valence electrons. The third kappa shape index (κ3) is 3.13. The second-order valence-electron chi connectivity index (χ2n) is 7.42. The van der Waals surface area contributed by atoms with Gasteiger partial charge in [-0.05, 0) is 62.2 Å². The lowest BCUT2D eigenvalue weighted by Gasteiger charge is -2.49. The summed E-state index contributed by atoms with van der Waals surface area (Å²) in [5.41, 5.74) is 5.41. The van der Waals surface area contributed by atoms with Crippen molar-refractivity contribution in [2.24, 2.45) is 5.73 Å². The first-order valence-electron chi connectivity index (χ1n) is 9.39. The van der Waals surface area contributed by atoms with Crippen LogP contribution in [0.4, 0.5) is 8.78 Å². The van der Waals surface area contributed by atoms with E-state index in [-0.39, 0.29) is 35.3 Å². The highest BCUT2D eigenvalue weighted by Gasteiger charge is 2.59. The summed E-state index contributed by atoms with van der Waals surface area (Å²) in [6.45, 7) is 0.336. The van der Waals surface area contributed by atoms with E-state index >= 15 is 4.39 Å². The quantitative estimate of drug-likeness (QED) is 0.760. The molecular formula is C20H21ClF2N2O3S. The van der Waals surface area contributed by atoms with Gasteiger partial charge in [-0.1, -0.05) is 11.6 Å². The summed E-state index contributed by atoms with van der Waals surface area (Å²) in [6.07, 6.45) is 1.22. The van der Waals surface area contributed by atoms with Crippen molar-refractivity contribution in [1.29, 1.82) is 0 Å². The standard InChI is InChI=1S/C20H21ClF2N2O3S/c21-12-1-3-14(4-2-12)29(26,27)20-9-7-13(8-10-24)25-17(20)11-28-19-16(23)6-5-15(22)18(19)20/h1-6,13,17,25H,7-11,24H2/t13-,17?,20-/m0/s1. The Balaban J connectivity index is 1.95. The third-order valence-electron chi connectivity index (χ3n) is 5.86. The van der Waals surface area contributed by atoms with E-state index in [2.05, 4.69) is 5.32 Å². The SMILES string of the molecule is NCC[C@@H]1CC[C@@]2(S(=O)(=O)c3ccc(Cl)cc3)c3c(F)ccc(F)c3OCC2N1. The van der Waals surface area contributed by atoms with E-state index < -0.39 is 32.3 Å². The highest BCUT2D eigenvalue weighted by atomic mass is 35.5. The van der Waals surface area contributed by atoms with Crippen molar-refractivity contribution in [2.75, 3.05) is 13.2 Å². The zero-order valence-electron chi connectivity index (χ0n) is 15.5. The molecular weight excluding hydrogens is 422 g/mol. The van der Waals surface area contributed by atoms with E-state index in [0.29, 0.717) is 24.4 Å². The molecule has 0 aliphatic carbocycles. The monoisotopic (exact) mass is 442 g/mol. The summed E-state index contributed by atoms with van der Waals surface area (Å²) < 4.78 is 61.1. The van der Waals surface area contributed by atoms with Crippen molar-refractivity contribution in [3.63, 3.8) is 0 Å². The van der Waals surface area contributed by atoms with Gasteiger partial charge in [0.05, 0.1) is 16.5 Å². The number of nitrogens with two attached hydrogens (primary N) is 1. The fraction of sp³-hybridized carbons (Fsp3) is 0.400. The Hall–Kier alpha value is -1.74. The maximum atomic E-state index is 15.0. The van der Waals surface area contributed by atoms with Crippen LogP contribution in [0.2, 0.25) is 5.02 Å². The largest absolute Gasteiger partial charge is 0.488 e. The smallest absolute Gasteiger partial charge is 0.190 e. The Kier molecular flexibility index (Phi) is 5.31. The molecule has 2 aromatic rings. The van der Waals surface area contributed by atoms with Crippen LogP contribution in [0.15, 0.2) is 41.3 Å². The number of rotatable bonds is 4. The van der Waals surface area contributed by atoms with Crippen LogP contribution in [-0.4, -0.2) is 33.7 Å². The Labute approximate surface area is 173 Å². The molecule has 0 spiro atoms. The van der Waals surface area contributed by atoms with Gasteiger partial charge in [0.1, 0.15) is 17.2 Å². The molecule has 4 rings (SSSR count). The van der Waals surface area contributed by atoms with Gasteiger partial charge < -0.3 is 15.8 Å². The van der Waals surface area contributed by atoms with Crippen molar-refractivity contribution in [3.8, 4) is 5.75 Å². The van der Waals surface area contributed by atoms with Crippen molar-refractivity contribution < 1.29 is 21.9 Å². The summed E-state index contributed by atoms with van der Waals surface area (Å²) in [5, 5.41) is 3.65. The van der Waals surface area contributed by atoms with E-state index in [1.165, 1.54) is 24.3 Å². The van der Waals surface area contributed by atoms with E-state index in [1.54, 1.807) is 0 Å². The normalized spacial score (nSPS) is 26.3. The second-order valence-corrected chi connectivity index (χ2v) is 10.1. The van der Waals surface area contributed by atoms with E-state index in [0.717, 1.165) is 12.1 Å². The van der Waals surface area contributed by atoms with Crippen LogP contribution in [0.25, 0.3) is 0 Å². The van der Waals surface area contributed by atoms with Crippen LogP contribution < -0.4 is 15.8 Å². The Morgan fingerprint density at radius 1 is 1.17 bits per heavy atom. The summed E-state index contributed by atoms with van der Waals surface area (Å²) in [5.74, 6) is -1.92. The highest BCUT2D eigenvalue weighted by molar-refractivity contribution is 7.92. The van der Waals surface area contributed by atoms with Gasteiger partial charge in [-0.25, -0.2) is 17.2 Å². The predicted octanol–water partition coefficient (Wildman–Crippen LogP) is 3.15. The third-order valence-corrected chi connectivity index (χ3v) is 8.66. The highest BCUT2D eigenvalue weighted by Crippen LogP contribution is 2.52. The Morgan fingerprint density at radius 3 is 2.55 bits per heavy atom. The lowest BCUT2D eigenvalue weighted by Crippen LogP contribution is -2.64. The molecule has 2 heterocycles. The number of hydrogen-bond acceptors (Lipinski definition) is 5. The maximum absolute atomic E-state index is 15.0. The number of benzene rings is 2. The first-order valence-corrected chi connectivity index (χ1v) is 11.2. The first-order chi connectivity index (χ1) is 13.8. The second kappa shape index (κ2) is 7.50. The molecule has 29 heavy (non-hydrogen) atoms. The number of hydrogen-bond donors (Lipinski definition) is 2. The topological polar surface area (TPSA) is 81.4 Å². The van der Waals surface area contributed by atoms with Gasteiger partial charge in [0.15, 0.2) is 21.4 Å². The average molecular weight is 443 g/mol. The van der Waals surface area contributed by atoms with Gasteiger partial charge in [0.25, 0.3) is 0 Å². The minimum atomic E-state index is -4.13. The van der Waals surface area contributed by atoms with Crippen LogP contribution in [0.3, 0.4) is 0 Å².